The van der Waals surface area contributed by atoms with Gasteiger partial charge in [-0.2, -0.15) is 0 Å². The normalized spacial score (nSPS) is 16.3. The van der Waals surface area contributed by atoms with Crippen molar-refractivity contribution in [1.82, 2.24) is 9.97 Å². The summed E-state index contributed by atoms with van der Waals surface area (Å²) in [5, 5.41) is 6.61. The van der Waals surface area contributed by atoms with E-state index in [9.17, 15) is 0 Å². The van der Waals surface area contributed by atoms with Crippen molar-refractivity contribution in [3.05, 3.63) is 11.9 Å². The first kappa shape index (κ1) is 14.1. The van der Waals surface area contributed by atoms with Crippen LogP contribution in [-0.4, -0.2) is 23.6 Å². The topological polar surface area (TPSA) is 49.8 Å². The molecule has 1 aliphatic carbocycles. The first-order valence-electron chi connectivity index (χ1n) is 7.61. The lowest BCUT2D eigenvalue weighted by atomic mass is 9.89. The summed E-state index contributed by atoms with van der Waals surface area (Å²) in [6.45, 7) is 3.20. The second kappa shape index (κ2) is 7.31. The molecule has 0 amide bonds. The molecule has 4 nitrogen and oxygen atoms in total. The first-order chi connectivity index (χ1) is 9.31. The molecule has 0 aliphatic heterocycles. The average molecular weight is 262 g/mol. The number of nitrogens with one attached hydrogen (secondary N) is 2. The van der Waals surface area contributed by atoms with E-state index < -0.39 is 0 Å². The van der Waals surface area contributed by atoms with Crippen LogP contribution in [0.25, 0.3) is 0 Å². The maximum absolute atomic E-state index is 4.59. The Morgan fingerprint density at radius 1 is 1.16 bits per heavy atom. The van der Waals surface area contributed by atoms with Crippen molar-refractivity contribution >= 4 is 11.6 Å². The molecule has 19 heavy (non-hydrogen) atoms. The van der Waals surface area contributed by atoms with Crippen LogP contribution in [0.4, 0.5) is 11.6 Å². The standard InChI is InChI=1S/C15H26N4/c1-3-7-13-18-14(16-2)10-15(19-13)17-11-12-8-5-4-6-9-12/h10,12H,3-9,11H2,1-2H3,(H2,16,17,18,19). The number of anilines is 2. The summed E-state index contributed by atoms with van der Waals surface area (Å²) in [6.07, 6.45) is 8.92. The number of aromatic nitrogens is 2. The van der Waals surface area contributed by atoms with Crippen molar-refractivity contribution in [2.24, 2.45) is 5.92 Å². The van der Waals surface area contributed by atoms with Crippen LogP contribution in [0.15, 0.2) is 6.07 Å². The fourth-order valence-electron chi connectivity index (χ4n) is 2.69. The summed E-state index contributed by atoms with van der Waals surface area (Å²) < 4.78 is 0. The molecule has 1 aromatic rings. The van der Waals surface area contributed by atoms with E-state index in [2.05, 4.69) is 27.5 Å². The van der Waals surface area contributed by atoms with Gasteiger partial charge < -0.3 is 10.6 Å². The SMILES string of the molecule is CCCc1nc(NC)cc(NCC2CCCCC2)n1. The molecule has 0 unspecified atom stereocenters. The van der Waals surface area contributed by atoms with Crippen LogP contribution < -0.4 is 10.6 Å². The van der Waals surface area contributed by atoms with Gasteiger partial charge in [-0.3, -0.25) is 0 Å². The molecule has 106 valence electrons. The summed E-state index contributed by atoms with van der Waals surface area (Å²) in [5.74, 6) is 3.62. The van der Waals surface area contributed by atoms with Crippen molar-refractivity contribution in [3.8, 4) is 0 Å². The lowest BCUT2D eigenvalue weighted by molar-refractivity contribution is 0.373. The minimum atomic E-state index is 0.816. The van der Waals surface area contributed by atoms with Crippen LogP contribution in [-0.2, 0) is 6.42 Å². The van der Waals surface area contributed by atoms with Gasteiger partial charge in [-0.05, 0) is 25.2 Å². The number of nitrogens with zero attached hydrogens (tertiary/aromatic N) is 2. The monoisotopic (exact) mass is 262 g/mol. The van der Waals surface area contributed by atoms with Gasteiger partial charge in [0.15, 0.2) is 0 Å². The summed E-state index contributed by atoms with van der Waals surface area (Å²) in [7, 11) is 1.91. The van der Waals surface area contributed by atoms with Crippen molar-refractivity contribution in [1.29, 1.82) is 0 Å². The van der Waals surface area contributed by atoms with Gasteiger partial charge in [0.25, 0.3) is 0 Å². The Kier molecular flexibility index (Phi) is 5.43. The molecule has 0 spiro atoms. The van der Waals surface area contributed by atoms with Gasteiger partial charge in [-0.1, -0.05) is 26.2 Å². The number of hydrogen-bond donors (Lipinski definition) is 2. The molecular formula is C15H26N4. The highest BCUT2D eigenvalue weighted by atomic mass is 15.1. The van der Waals surface area contributed by atoms with E-state index in [1.54, 1.807) is 0 Å². The van der Waals surface area contributed by atoms with Crippen LogP contribution >= 0.6 is 0 Å². The van der Waals surface area contributed by atoms with Crippen LogP contribution in [0.1, 0.15) is 51.3 Å². The fraction of sp³-hybridized carbons (Fsp3) is 0.733. The Hall–Kier alpha value is -1.32. The van der Waals surface area contributed by atoms with Crippen molar-refractivity contribution < 1.29 is 0 Å². The Labute approximate surface area is 116 Å². The molecule has 0 aromatic carbocycles. The summed E-state index contributed by atoms with van der Waals surface area (Å²) in [4.78, 5) is 9.07. The van der Waals surface area contributed by atoms with Gasteiger partial charge in [-0.15, -0.1) is 0 Å². The number of hydrogen-bond acceptors (Lipinski definition) is 4. The average Bonchev–Trinajstić information content (AvgIpc) is 2.46. The molecule has 0 bridgehead atoms. The van der Waals surface area contributed by atoms with E-state index in [0.29, 0.717) is 0 Å². The van der Waals surface area contributed by atoms with Gasteiger partial charge in [0.2, 0.25) is 0 Å². The van der Waals surface area contributed by atoms with Crippen LogP contribution in [0.3, 0.4) is 0 Å². The van der Waals surface area contributed by atoms with Gasteiger partial charge in [0, 0.05) is 26.1 Å². The third-order valence-electron chi connectivity index (χ3n) is 3.80. The molecule has 2 rings (SSSR count). The zero-order valence-electron chi connectivity index (χ0n) is 12.2. The molecular weight excluding hydrogens is 236 g/mol. The summed E-state index contributed by atoms with van der Waals surface area (Å²) >= 11 is 0. The molecule has 1 aliphatic rings. The molecule has 4 heteroatoms. The summed E-state index contributed by atoms with van der Waals surface area (Å²) in [5.41, 5.74) is 0. The third kappa shape index (κ3) is 4.37. The quantitative estimate of drug-likeness (QED) is 0.824. The Morgan fingerprint density at radius 2 is 1.89 bits per heavy atom. The molecule has 0 atom stereocenters. The van der Waals surface area contributed by atoms with E-state index in [0.717, 1.165) is 42.8 Å². The van der Waals surface area contributed by atoms with Crippen LogP contribution in [0.5, 0.6) is 0 Å². The molecule has 2 N–H and O–H groups in total. The van der Waals surface area contributed by atoms with E-state index in [1.807, 2.05) is 13.1 Å². The zero-order chi connectivity index (χ0) is 13.5. The highest BCUT2D eigenvalue weighted by molar-refractivity contribution is 5.47. The number of rotatable bonds is 6. The smallest absolute Gasteiger partial charge is 0.133 e. The highest BCUT2D eigenvalue weighted by Gasteiger charge is 2.13. The summed E-state index contributed by atoms with van der Waals surface area (Å²) in [6, 6.07) is 2.00. The molecule has 1 fully saturated rings. The Balaban J connectivity index is 1.95. The van der Waals surface area contributed by atoms with Crippen LogP contribution in [0.2, 0.25) is 0 Å². The van der Waals surface area contributed by atoms with Crippen LogP contribution in [0, 0.1) is 5.92 Å². The fourth-order valence-corrected chi connectivity index (χ4v) is 2.69. The van der Waals surface area contributed by atoms with Gasteiger partial charge in [0.1, 0.15) is 17.5 Å². The lowest BCUT2D eigenvalue weighted by Crippen LogP contribution is -2.18. The molecule has 1 heterocycles. The molecule has 1 saturated carbocycles. The zero-order valence-corrected chi connectivity index (χ0v) is 12.2. The second-order valence-electron chi connectivity index (χ2n) is 5.44. The first-order valence-corrected chi connectivity index (χ1v) is 7.61. The molecule has 0 radical (unpaired) electrons. The van der Waals surface area contributed by atoms with E-state index in [4.69, 9.17) is 0 Å². The molecule has 0 saturated heterocycles. The van der Waals surface area contributed by atoms with E-state index in [1.165, 1.54) is 32.1 Å². The largest absolute Gasteiger partial charge is 0.373 e. The predicted octanol–water partition coefficient (Wildman–Crippen LogP) is 3.46. The maximum atomic E-state index is 4.59. The molecule has 1 aromatic heterocycles. The number of aryl methyl sites for hydroxylation is 1. The van der Waals surface area contributed by atoms with Crippen molar-refractivity contribution in [3.63, 3.8) is 0 Å². The van der Waals surface area contributed by atoms with Crippen molar-refractivity contribution in [2.75, 3.05) is 24.2 Å². The minimum absolute atomic E-state index is 0.816. The van der Waals surface area contributed by atoms with Gasteiger partial charge >= 0.3 is 0 Å². The lowest BCUT2D eigenvalue weighted by Gasteiger charge is -2.22. The van der Waals surface area contributed by atoms with E-state index >= 15 is 0 Å². The highest BCUT2D eigenvalue weighted by Crippen LogP contribution is 2.24. The predicted molar refractivity (Wildman–Crippen MR) is 80.6 cm³/mol. The Bertz CT molecular complexity index is 386. The van der Waals surface area contributed by atoms with E-state index in [-0.39, 0.29) is 0 Å². The maximum Gasteiger partial charge on any atom is 0.133 e. The van der Waals surface area contributed by atoms with Crippen molar-refractivity contribution in [2.45, 2.75) is 51.9 Å². The van der Waals surface area contributed by atoms with Gasteiger partial charge in [-0.25, -0.2) is 9.97 Å². The minimum Gasteiger partial charge on any atom is -0.373 e. The third-order valence-corrected chi connectivity index (χ3v) is 3.80. The van der Waals surface area contributed by atoms with Gasteiger partial charge in [0.05, 0.1) is 0 Å². The second-order valence-corrected chi connectivity index (χ2v) is 5.44. The Morgan fingerprint density at radius 3 is 2.58 bits per heavy atom.